The van der Waals surface area contributed by atoms with Crippen LogP contribution in [0.1, 0.15) is 40.0 Å². The molecule has 0 saturated carbocycles. The van der Waals surface area contributed by atoms with Crippen molar-refractivity contribution in [1.82, 2.24) is 9.88 Å². The van der Waals surface area contributed by atoms with E-state index in [1.54, 1.807) is 6.20 Å². The van der Waals surface area contributed by atoms with Crippen molar-refractivity contribution in [2.24, 2.45) is 5.92 Å². The molecular formula is C17H24N2O3. The Bertz CT molecular complexity index is 526. The Hall–Kier alpha value is -1.78. The number of amides is 1. The highest BCUT2D eigenvalue weighted by Gasteiger charge is 2.50. The number of carbonyl (C=O) groups excluding carboxylic acids is 1. The largest absolute Gasteiger partial charge is 0.477 e. The van der Waals surface area contributed by atoms with Crippen molar-refractivity contribution in [3.05, 3.63) is 24.4 Å². The molecule has 5 heteroatoms. The zero-order chi connectivity index (χ0) is 15.7. The summed E-state index contributed by atoms with van der Waals surface area (Å²) in [6.07, 6.45) is 4.66. The van der Waals surface area contributed by atoms with E-state index in [1.807, 2.05) is 43.9 Å². The van der Waals surface area contributed by atoms with Crippen LogP contribution in [-0.2, 0) is 4.74 Å². The number of nitrogens with zero attached hydrogens (tertiary/aromatic N) is 2. The summed E-state index contributed by atoms with van der Waals surface area (Å²) in [6, 6.07) is 6.18. The van der Waals surface area contributed by atoms with E-state index in [4.69, 9.17) is 9.47 Å². The smallest absolute Gasteiger partial charge is 0.410 e. The van der Waals surface area contributed by atoms with Crippen LogP contribution >= 0.6 is 0 Å². The van der Waals surface area contributed by atoms with Crippen LogP contribution in [0.5, 0.6) is 5.88 Å². The number of aromatic nitrogens is 1. The lowest BCUT2D eigenvalue weighted by Crippen LogP contribution is -2.41. The third-order valence-corrected chi connectivity index (χ3v) is 4.35. The number of pyridine rings is 1. The fourth-order valence-electron chi connectivity index (χ4n) is 3.52. The Morgan fingerprint density at radius 2 is 2.18 bits per heavy atom. The molecule has 0 radical (unpaired) electrons. The molecule has 3 rings (SSSR count). The summed E-state index contributed by atoms with van der Waals surface area (Å²) >= 11 is 0. The summed E-state index contributed by atoms with van der Waals surface area (Å²) in [4.78, 5) is 18.5. The molecule has 0 N–H and O–H groups in total. The predicted molar refractivity (Wildman–Crippen MR) is 82.7 cm³/mol. The third kappa shape index (κ3) is 3.18. The summed E-state index contributed by atoms with van der Waals surface area (Å²) in [6.45, 7) is 6.33. The molecule has 3 atom stereocenters. The minimum absolute atomic E-state index is 0.180. The lowest BCUT2D eigenvalue weighted by Gasteiger charge is -2.28. The maximum Gasteiger partial charge on any atom is 0.410 e. The summed E-state index contributed by atoms with van der Waals surface area (Å²) in [5, 5.41) is 0. The number of carbonyl (C=O) groups is 1. The van der Waals surface area contributed by atoms with Gasteiger partial charge in [0.25, 0.3) is 0 Å². The second kappa shape index (κ2) is 5.78. The van der Waals surface area contributed by atoms with Crippen molar-refractivity contribution in [3.8, 4) is 5.88 Å². The van der Waals surface area contributed by atoms with Crippen LogP contribution in [-0.4, -0.2) is 40.3 Å². The summed E-state index contributed by atoms with van der Waals surface area (Å²) in [5.74, 6) is 1.02. The molecule has 0 aliphatic carbocycles. The highest BCUT2D eigenvalue weighted by molar-refractivity contribution is 5.70. The van der Waals surface area contributed by atoms with E-state index < -0.39 is 5.60 Å². The standard InChI is InChI=1S/C17H24N2O3/c1-17(2,3)22-16(20)19-13-7-8-14(19)12(10-13)11-21-15-6-4-5-9-18-15/h4-6,9,12-14H,7-8,10-11H2,1-3H3/t12-,13+,14-/m0/s1. The molecule has 1 aromatic heterocycles. The van der Waals surface area contributed by atoms with Crippen molar-refractivity contribution < 1.29 is 14.3 Å². The molecule has 0 aromatic carbocycles. The Balaban J connectivity index is 1.59. The molecule has 0 spiro atoms. The number of rotatable bonds is 3. The zero-order valence-electron chi connectivity index (χ0n) is 13.5. The van der Waals surface area contributed by atoms with Gasteiger partial charge in [-0.05, 0) is 46.1 Å². The molecule has 2 saturated heterocycles. The average Bonchev–Trinajstić information content (AvgIpc) is 3.02. The topological polar surface area (TPSA) is 51.7 Å². The van der Waals surface area contributed by atoms with E-state index in [0.29, 0.717) is 24.4 Å². The summed E-state index contributed by atoms with van der Waals surface area (Å²) in [7, 11) is 0. The van der Waals surface area contributed by atoms with Gasteiger partial charge in [0.15, 0.2) is 0 Å². The molecule has 2 fully saturated rings. The average molecular weight is 304 g/mol. The monoisotopic (exact) mass is 304 g/mol. The van der Waals surface area contributed by atoms with Crippen molar-refractivity contribution in [2.45, 2.75) is 57.7 Å². The van der Waals surface area contributed by atoms with Gasteiger partial charge in [0.05, 0.1) is 6.61 Å². The Morgan fingerprint density at radius 1 is 1.36 bits per heavy atom. The number of fused-ring (bicyclic) bond motifs is 2. The maximum absolute atomic E-state index is 12.4. The maximum atomic E-state index is 12.4. The lowest BCUT2D eigenvalue weighted by atomic mass is 9.90. The van der Waals surface area contributed by atoms with Crippen LogP contribution < -0.4 is 4.74 Å². The quantitative estimate of drug-likeness (QED) is 0.860. The molecule has 1 aromatic rings. The first-order valence-electron chi connectivity index (χ1n) is 7.99. The van der Waals surface area contributed by atoms with Gasteiger partial charge in [0.2, 0.25) is 5.88 Å². The molecule has 2 aliphatic heterocycles. The minimum Gasteiger partial charge on any atom is -0.477 e. The summed E-state index contributed by atoms with van der Waals surface area (Å²) < 4.78 is 11.3. The highest BCUT2D eigenvalue weighted by Crippen LogP contribution is 2.42. The Morgan fingerprint density at radius 3 is 2.86 bits per heavy atom. The molecule has 2 aliphatic rings. The Kier molecular flexibility index (Phi) is 3.98. The van der Waals surface area contributed by atoms with Crippen LogP contribution in [0.15, 0.2) is 24.4 Å². The molecule has 3 heterocycles. The first-order chi connectivity index (χ1) is 10.4. The van der Waals surface area contributed by atoms with Gasteiger partial charge in [-0.15, -0.1) is 0 Å². The van der Waals surface area contributed by atoms with Crippen molar-refractivity contribution in [2.75, 3.05) is 6.61 Å². The predicted octanol–water partition coefficient (Wildman–Crippen LogP) is 3.25. The molecule has 120 valence electrons. The van der Waals surface area contributed by atoms with Crippen LogP contribution in [0.4, 0.5) is 4.79 Å². The normalized spacial score (nSPS) is 27.0. The van der Waals surface area contributed by atoms with Gasteiger partial charge in [-0.1, -0.05) is 6.07 Å². The summed E-state index contributed by atoms with van der Waals surface area (Å²) in [5.41, 5.74) is -0.445. The van der Waals surface area contributed by atoms with Crippen LogP contribution in [0.2, 0.25) is 0 Å². The molecule has 1 amide bonds. The second-order valence-corrected chi connectivity index (χ2v) is 7.16. The van der Waals surface area contributed by atoms with Gasteiger partial charge in [-0.25, -0.2) is 9.78 Å². The van der Waals surface area contributed by atoms with E-state index in [0.717, 1.165) is 19.3 Å². The second-order valence-electron chi connectivity index (χ2n) is 7.16. The van der Waals surface area contributed by atoms with E-state index in [-0.39, 0.29) is 12.1 Å². The SMILES string of the molecule is CC(C)(C)OC(=O)N1[C@@H]2CC[C@H]1[C@H](COc1ccccn1)C2. The molecule has 5 nitrogen and oxygen atoms in total. The van der Waals surface area contributed by atoms with Crippen molar-refractivity contribution >= 4 is 6.09 Å². The zero-order valence-corrected chi connectivity index (χ0v) is 13.5. The van der Waals surface area contributed by atoms with Crippen molar-refractivity contribution in [3.63, 3.8) is 0 Å². The van der Waals surface area contributed by atoms with E-state index >= 15 is 0 Å². The third-order valence-electron chi connectivity index (χ3n) is 4.35. The van der Waals surface area contributed by atoms with Crippen LogP contribution in [0, 0.1) is 5.92 Å². The van der Waals surface area contributed by atoms with Gasteiger partial charge in [0, 0.05) is 30.3 Å². The number of hydrogen-bond donors (Lipinski definition) is 0. The molecule has 22 heavy (non-hydrogen) atoms. The van der Waals surface area contributed by atoms with Gasteiger partial charge >= 0.3 is 6.09 Å². The lowest BCUT2D eigenvalue weighted by molar-refractivity contribution is 0.0198. The molecule has 2 bridgehead atoms. The minimum atomic E-state index is -0.445. The number of hydrogen-bond acceptors (Lipinski definition) is 4. The first kappa shape index (κ1) is 15.1. The van der Waals surface area contributed by atoms with E-state index in [9.17, 15) is 4.79 Å². The fraction of sp³-hybridized carbons (Fsp3) is 0.647. The van der Waals surface area contributed by atoms with E-state index in [2.05, 4.69) is 4.98 Å². The fourth-order valence-corrected chi connectivity index (χ4v) is 3.52. The van der Waals surface area contributed by atoms with Gasteiger partial charge < -0.3 is 14.4 Å². The van der Waals surface area contributed by atoms with Gasteiger partial charge in [-0.3, -0.25) is 0 Å². The number of ether oxygens (including phenoxy) is 2. The van der Waals surface area contributed by atoms with Crippen LogP contribution in [0.3, 0.4) is 0 Å². The highest BCUT2D eigenvalue weighted by atomic mass is 16.6. The Labute approximate surface area is 131 Å². The first-order valence-corrected chi connectivity index (χ1v) is 7.99. The molecule has 0 unspecified atom stereocenters. The van der Waals surface area contributed by atoms with E-state index in [1.165, 1.54) is 0 Å². The molecular weight excluding hydrogens is 280 g/mol. The van der Waals surface area contributed by atoms with Crippen LogP contribution in [0.25, 0.3) is 0 Å². The van der Waals surface area contributed by atoms with Crippen molar-refractivity contribution in [1.29, 1.82) is 0 Å². The van der Waals surface area contributed by atoms with Gasteiger partial charge in [-0.2, -0.15) is 0 Å². The van der Waals surface area contributed by atoms with Gasteiger partial charge in [0.1, 0.15) is 5.60 Å².